The Morgan fingerprint density at radius 1 is 1.30 bits per heavy atom. The van der Waals surface area contributed by atoms with Crippen LogP contribution in [0.3, 0.4) is 0 Å². The Morgan fingerprint density at radius 3 is 2.75 bits per heavy atom. The van der Waals surface area contributed by atoms with Crippen LogP contribution in [-0.4, -0.2) is 26.0 Å². The van der Waals surface area contributed by atoms with Crippen molar-refractivity contribution in [3.8, 4) is 0 Å². The summed E-state index contributed by atoms with van der Waals surface area (Å²) in [5.41, 5.74) is 0.716. The van der Waals surface area contributed by atoms with Gasteiger partial charge in [-0.25, -0.2) is 13.1 Å². The number of sulfonamides is 1. The molecule has 1 aliphatic rings. The van der Waals surface area contributed by atoms with Crippen LogP contribution in [0.2, 0.25) is 5.02 Å². The smallest absolute Gasteiger partial charge is 0.214 e. The van der Waals surface area contributed by atoms with Crippen LogP contribution in [-0.2, 0) is 15.8 Å². The minimum Gasteiger partial charge on any atom is -0.214 e. The molecule has 2 rings (SSSR count). The molecule has 1 aliphatic carbocycles. The van der Waals surface area contributed by atoms with Gasteiger partial charge in [0.15, 0.2) is 0 Å². The Bertz CT molecular complexity index is 528. The predicted octanol–water partition coefficient (Wildman–Crippen LogP) is 3.44. The van der Waals surface area contributed by atoms with Gasteiger partial charge in [-0.2, -0.15) is 11.8 Å². The summed E-state index contributed by atoms with van der Waals surface area (Å²) >= 11 is 7.74. The fourth-order valence-corrected chi connectivity index (χ4v) is 5.07. The summed E-state index contributed by atoms with van der Waals surface area (Å²) in [6.45, 7) is 0.504. The van der Waals surface area contributed by atoms with Crippen LogP contribution in [0, 0.1) is 0 Å². The minimum absolute atomic E-state index is 0.0122. The lowest BCUT2D eigenvalue weighted by atomic mass is 10.2. The van der Waals surface area contributed by atoms with E-state index in [1.165, 1.54) is 25.7 Å². The molecule has 0 heterocycles. The number of rotatable bonds is 7. The van der Waals surface area contributed by atoms with Gasteiger partial charge in [-0.3, -0.25) is 0 Å². The highest BCUT2D eigenvalue weighted by Crippen LogP contribution is 2.28. The molecule has 0 bridgehead atoms. The Balaban J connectivity index is 1.73. The molecule has 1 aromatic rings. The van der Waals surface area contributed by atoms with Crippen molar-refractivity contribution >= 4 is 33.4 Å². The van der Waals surface area contributed by atoms with E-state index in [0.717, 1.165) is 11.0 Å². The monoisotopic (exact) mass is 333 g/mol. The summed E-state index contributed by atoms with van der Waals surface area (Å²) in [6.07, 6.45) is 5.19. The molecule has 0 unspecified atom stereocenters. The van der Waals surface area contributed by atoms with Crippen molar-refractivity contribution in [2.75, 3.05) is 12.3 Å². The Morgan fingerprint density at radius 2 is 2.05 bits per heavy atom. The quantitative estimate of drug-likeness (QED) is 0.777. The molecule has 6 heteroatoms. The van der Waals surface area contributed by atoms with Gasteiger partial charge >= 0.3 is 0 Å². The second kappa shape index (κ2) is 7.69. The topological polar surface area (TPSA) is 46.2 Å². The van der Waals surface area contributed by atoms with Crippen molar-refractivity contribution in [1.82, 2.24) is 4.72 Å². The third-order valence-electron chi connectivity index (χ3n) is 3.33. The molecular weight excluding hydrogens is 314 g/mol. The van der Waals surface area contributed by atoms with Gasteiger partial charge in [-0.05, 0) is 30.5 Å². The Kier molecular flexibility index (Phi) is 6.20. The van der Waals surface area contributed by atoms with Crippen LogP contribution in [0.1, 0.15) is 31.2 Å². The third kappa shape index (κ3) is 5.64. The van der Waals surface area contributed by atoms with Gasteiger partial charge in [-0.15, -0.1) is 0 Å². The van der Waals surface area contributed by atoms with Crippen LogP contribution < -0.4 is 4.72 Å². The summed E-state index contributed by atoms with van der Waals surface area (Å²) < 4.78 is 26.5. The van der Waals surface area contributed by atoms with Crippen LogP contribution in [0.5, 0.6) is 0 Å². The first-order chi connectivity index (χ1) is 9.55. The van der Waals surface area contributed by atoms with E-state index in [1.807, 2.05) is 11.8 Å². The number of hydrogen-bond donors (Lipinski definition) is 1. The molecule has 0 spiro atoms. The molecule has 0 atom stereocenters. The number of thioether (sulfide) groups is 1. The Labute approximate surface area is 130 Å². The number of nitrogens with one attached hydrogen (secondary N) is 1. The summed E-state index contributed by atoms with van der Waals surface area (Å²) in [6, 6.07) is 6.97. The highest BCUT2D eigenvalue weighted by atomic mass is 35.5. The molecular formula is C14H20ClNO2S2. The maximum Gasteiger partial charge on any atom is 0.215 e. The lowest BCUT2D eigenvalue weighted by molar-refractivity contribution is 0.583. The van der Waals surface area contributed by atoms with E-state index in [2.05, 4.69) is 4.72 Å². The second-order valence-corrected chi connectivity index (χ2v) is 8.71. The molecule has 1 aromatic carbocycles. The first-order valence-corrected chi connectivity index (χ1v) is 9.96. The summed E-state index contributed by atoms with van der Waals surface area (Å²) in [7, 11) is -3.27. The van der Waals surface area contributed by atoms with Gasteiger partial charge in [0, 0.05) is 22.6 Å². The normalized spacial score (nSPS) is 16.6. The van der Waals surface area contributed by atoms with Crippen molar-refractivity contribution in [3.05, 3.63) is 34.9 Å². The molecule has 1 N–H and O–H groups in total. The zero-order valence-electron chi connectivity index (χ0n) is 11.3. The Hall–Kier alpha value is -0.230. The van der Waals surface area contributed by atoms with Gasteiger partial charge in [0.1, 0.15) is 0 Å². The number of benzene rings is 1. The molecule has 3 nitrogen and oxygen atoms in total. The number of hydrogen-bond acceptors (Lipinski definition) is 3. The third-order valence-corrected chi connectivity index (χ3v) is 6.30. The zero-order chi connectivity index (χ0) is 14.4. The average Bonchev–Trinajstić information content (AvgIpc) is 2.87. The first kappa shape index (κ1) is 16.1. The molecule has 20 heavy (non-hydrogen) atoms. The molecule has 0 amide bonds. The maximum atomic E-state index is 11.9. The van der Waals surface area contributed by atoms with Crippen molar-refractivity contribution < 1.29 is 8.42 Å². The molecule has 0 aliphatic heterocycles. The minimum atomic E-state index is -3.27. The highest BCUT2D eigenvalue weighted by Gasteiger charge is 2.16. The van der Waals surface area contributed by atoms with E-state index in [4.69, 9.17) is 11.6 Å². The standard InChI is InChI=1S/C14H20ClNO2S2/c15-13-5-3-4-12(10-13)11-20(17,18)16-8-9-19-14-6-1-2-7-14/h3-5,10,14,16H,1-2,6-9,11H2. The van der Waals surface area contributed by atoms with E-state index in [1.54, 1.807) is 24.3 Å². The van der Waals surface area contributed by atoms with E-state index in [0.29, 0.717) is 17.1 Å². The average molecular weight is 334 g/mol. The summed E-state index contributed by atoms with van der Waals surface area (Å²) in [4.78, 5) is 0. The van der Waals surface area contributed by atoms with Gasteiger partial charge < -0.3 is 0 Å². The van der Waals surface area contributed by atoms with E-state index in [-0.39, 0.29) is 5.75 Å². The highest BCUT2D eigenvalue weighted by molar-refractivity contribution is 8.00. The fourth-order valence-electron chi connectivity index (χ4n) is 2.37. The van der Waals surface area contributed by atoms with Crippen LogP contribution in [0.15, 0.2) is 24.3 Å². The van der Waals surface area contributed by atoms with Crippen molar-refractivity contribution in [1.29, 1.82) is 0 Å². The van der Waals surface area contributed by atoms with Crippen LogP contribution >= 0.6 is 23.4 Å². The maximum absolute atomic E-state index is 11.9. The lowest BCUT2D eigenvalue weighted by Gasteiger charge is -2.10. The molecule has 0 radical (unpaired) electrons. The van der Waals surface area contributed by atoms with Crippen molar-refractivity contribution in [3.63, 3.8) is 0 Å². The summed E-state index contributed by atoms with van der Waals surface area (Å²) in [5.74, 6) is 0.834. The first-order valence-electron chi connectivity index (χ1n) is 6.88. The fraction of sp³-hybridized carbons (Fsp3) is 0.571. The zero-order valence-corrected chi connectivity index (χ0v) is 13.7. The molecule has 0 aromatic heterocycles. The number of halogens is 1. The SMILES string of the molecule is O=S(=O)(Cc1cccc(Cl)c1)NCCSC1CCCC1. The van der Waals surface area contributed by atoms with Gasteiger partial charge in [0.25, 0.3) is 0 Å². The van der Waals surface area contributed by atoms with Crippen molar-refractivity contribution in [2.24, 2.45) is 0 Å². The van der Waals surface area contributed by atoms with Gasteiger partial charge in [-0.1, -0.05) is 36.6 Å². The summed E-state index contributed by atoms with van der Waals surface area (Å²) in [5, 5.41) is 1.29. The lowest BCUT2D eigenvalue weighted by Crippen LogP contribution is -2.27. The van der Waals surface area contributed by atoms with Gasteiger partial charge in [0.2, 0.25) is 10.0 Å². The van der Waals surface area contributed by atoms with Gasteiger partial charge in [0.05, 0.1) is 5.75 Å². The largest absolute Gasteiger partial charge is 0.215 e. The van der Waals surface area contributed by atoms with E-state index < -0.39 is 10.0 Å². The molecule has 1 fully saturated rings. The van der Waals surface area contributed by atoms with Crippen LogP contribution in [0.4, 0.5) is 0 Å². The molecule has 1 saturated carbocycles. The second-order valence-electron chi connectivity index (χ2n) is 5.06. The van der Waals surface area contributed by atoms with Crippen LogP contribution in [0.25, 0.3) is 0 Å². The van der Waals surface area contributed by atoms with E-state index >= 15 is 0 Å². The predicted molar refractivity (Wildman–Crippen MR) is 86.8 cm³/mol. The van der Waals surface area contributed by atoms with Crippen molar-refractivity contribution in [2.45, 2.75) is 36.7 Å². The molecule has 112 valence electrons. The van der Waals surface area contributed by atoms with E-state index in [9.17, 15) is 8.42 Å². The molecule has 0 saturated heterocycles.